The standard InChI is InChI=1S/C18H25N/c1-12-11-17-13(2)10-15(12)16-8-5-9-18(16,17)19-14-6-3-4-7-14/h10-11,14,16,19H,3-9H2,1-2H3. The minimum absolute atomic E-state index is 0.308. The summed E-state index contributed by atoms with van der Waals surface area (Å²) in [5, 5.41) is 4.13. The number of fused-ring (bicyclic) bond motifs is 2. The summed E-state index contributed by atoms with van der Waals surface area (Å²) >= 11 is 0. The predicted molar refractivity (Wildman–Crippen MR) is 79.6 cm³/mol. The third-order valence-electron chi connectivity index (χ3n) is 5.94. The molecule has 1 N–H and O–H groups in total. The largest absolute Gasteiger partial charge is 0.304 e. The van der Waals surface area contributed by atoms with Crippen LogP contribution in [0, 0.1) is 13.8 Å². The Kier molecular flexibility index (Phi) is 2.57. The Labute approximate surface area is 116 Å². The molecule has 19 heavy (non-hydrogen) atoms. The van der Waals surface area contributed by atoms with Crippen molar-refractivity contribution in [3.8, 4) is 0 Å². The average Bonchev–Trinajstić information content (AvgIpc) is 3.02. The molecule has 0 saturated heterocycles. The zero-order chi connectivity index (χ0) is 13.0. The first-order valence-corrected chi connectivity index (χ1v) is 8.10. The normalized spacial score (nSPS) is 33.1. The van der Waals surface area contributed by atoms with Crippen LogP contribution < -0.4 is 5.32 Å². The molecule has 2 unspecified atom stereocenters. The van der Waals surface area contributed by atoms with Crippen molar-refractivity contribution in [2.45, 2.75) is 76.3 Å². The summed E-state index contributed by atoms with van der Waals surface area (Å²) in [6.45, 7) is 4.61. The van der Waals surface area contributed by atoms with E-state index in [-0.39, 0.29) is 0 Å². The van der Waals surface area contributed by atoms with Crippen LogP contribution in [0.25, 0.3) is 0 Å². The molecule has 2 fully saturated rings. The number of benzene rings is 1. The molecule has 0 aliphatic heterocycles. The highest BCUT2D eigenvalue weighted by Crippen LogP contribution is 2.55. The van der Waals surface area contributed by atoms with Crippen LogP contribution in [-0.2, 0) is 5.54 Å². The molecular weight excluding hydrogens is 230 g/mol. The summed E-state index contributed by atoms with van der Waals surface area (Å²) in [5.41, 5.74) is 6.60. The average molecular weight is 255 g/mol. The third-order valence-corrected chi connectivity index (χ3v) is 5.94. The van der Waals surface area contributed by atoms with Gasteiger partial charge in [-0.05, 0) is 61.8 Å². The monoisotopic (exact) mass is 255 g/mol. The van der Waals surface area contributed by atoms with Gasteiger partial charge in [-0.2, -0.15) is 0 Å². The zero-order valence-electron chi connectivity index (χ0n) is 12.3. The van der Waals surface area contributed by atoms with Crippen molar-refractivity contribution in [3.63, 3.8) is 0 Å². The fourth-order valence-electron chi connectivity index (χ4n) is 5.13. The third kappa shape index (κ3) is 1.57. The molecule has 0 aromatic heterocycles. The molecule has 5 rings (SSSR count). The van der Waals surface area contributed by atoms with Crippen molar-refractivity contribution < 1.29 is 0 Å². The Bertz CT molecular complexity index is 513. The summed E-state index contributed by atoms with van der Waals surface area (Å²) in [6.07, 6.45) is 9.75. The molecule has 2 saturated carbocycles. The van der Waals surface area contributed by atoms with Gasteiger partial charge in [-0.3, -0.25) is 0 Å². The lowest BCUT2D eigenvalue weighted by Gasteiger charge is -2.45. The number of hydrogen-bond acceptors (Lipinski definition) is 1. The van der Waals surface area contributed by atoms with E-state index in [1.807, 2.05) is 0 Å². The number of aryl methyl sites for hydroxylation is 2. The Hall–Kier alpha value is -0.820. The van der Waals surface area contributed by atoms with E-state index in [4.69, 9.17) is 0 Å². The van der Waals surface area contributed by atoms with Crippen LogP contribution in [0.2, 0.25) is 0 Å². The van der Waals surface area contributed by atoms with Crippen molar-refractivity contribution >= 4 is 0 Å². The second-order valence-electron chi connectivity index (χ2n) is 7.07. The second kappa shape index (κ2) is 4.09. The van der Waals surface area contributed by atoms with E-state index in [0.29, 0.717) is 5.54 Å². The first kappa shape index (κ1) is 12.0. The van der Waals surface area contributed by atoms with E-state index in [9.17, 15) is 0 Å². The minimum Gasteiger partial charge on any atom is -0.304 e. The lowest BCUT2D eigenvalue weighted by atomic mass is 9.67. The van der Waals surface area contributed by atoms with Crippen LogP contribution in [0.15, 0.2) is 12.1 Å². The number of nitrogens with one attached hydrogen (secondary N) is 1. The molecule has 4 aliphatic carbocycles. The molecule has 2 bridgehead atoms. The van der Waals surface area contributed by atoms with E-state index < -0.39 is 0 Å². The fourth-order valence-corrected chi connectivity index (χ4v) is 5.13. The van der Waals surface area contributed by atoms with Crippen LogP contribution in [0.1, 0.15) is 73.1 Å². The smallest absolute Gasteiger partial charge is 0.0508 e. The Morgan fingerprint density at radius 2 is 1.79 bits per heavy atom. The summed E-state index contributed by atoms with van der Waals surface area (Å²) in [5.74, 6) is 0.761. The van der Waals surface area contributed by atoms with Crippen LogP contribution >= 0.6 is 0 Å². The Balaban J connectivity index is 1.78. The van der Waals surface area contributed by atoms with Crippen molar-refractivity contribution in [1.82, 2.24) is 5.32 Å². The first-order chi connectivity index (χ1) is 9.21. The zero-order valence-corrected chi connectivity index (χ0v) is 12.3. The molecule has 0 radical (unpaired) electrons. The van der Waals surface area contributed by atoms with E-state index in [2.05, 4.69) is 31.3 Å². The van der Waals surface area contributed by atoms with Gasteiger partial charge in [-0.15, -0.1) is 0 Å². The van der Waals surface area contributed by atoms with Crippen LogP contribution in [0.3, 0.4) is 0 Å². The maximum Gasteiger partial charge on any atom is 0.0508 e. The molecule has 0 spiro atoms. The molecule has 0 heterocycles. The molecule has 4 aliphatic rings. The van der Waals surface area contributed by atoms with Gasteiger partial charge in [-0.25, -0.2) is 0 Å². The Morgan fingerprint density at radius 3 is 2.58 bits per heavy atom. The van der Waals surface area contributed by atoms with Gasteiger partial charge in [-0.1, -0.05) is 31.4 Å². The van der Waals surface area contributed by atoms with E-state index in [1.54, 1.807) is 11.1 Å². The van der Waals surface area contributed by atoms with Crippen LogP contribution in [0.5, 0.6) is 0 Å². The predicted octanol–water partition coefficient (Wildman–Crippen LogP) is 4.31. The van der Waals surface area contributed by atoms with Crippen LogP contribution in [0.4, 0.5) is 0 Å². The van der Waals surface area contributed by atoms with Gasteiger partial charge in [0.05, 0.1) is 5.54 Å². The highest BCUT2D eigenvalue weighted by molar-refractivity contribution is 5.52. The first-order valence-electron chi connectivity index (χ1n) is 8.10. The van der Waals surface area contributed by atoms with Crippen molar-refractivity contribution in [1.29, 1.82) is 0 Å². The summed E-state index contributed by atoms with van der Waals surface area (Å²) in [6, 6.07) is 5.72. The molecule has 1 nitrogen and oxygen atoms in total. The lowest BCUT2D eigenvalue weighted by molar-refractivity contribution is 0.256. The molecule has 2 atom stereocenters. The fraction of sp³-hybridized carbons (Fsp3) is 0.667. The van der Waals surface area contributed by atoms with Gasteiger partial charge < -0.3 is 5.32 Å². The van der Waals surface area contributed by atoms with Gasteiger partial charge in [0.25, 0.3) is 0 Å². The van der Waals surface area contributed by atoms with Gasteiger partial charge in [0.2, 0.25) is 0 Å². The molecular formula is C18H25N. The summed E-state index contributed by atoms with van der Waals surface area (Å²) in [7, 11) is 0. The highest BCUT2D eigenvalue weighted by atomic mass is 15.0. The molecule has 1 aromatic rings. The van der Waals surface area contributed by atoms with Crippen molar-refractivity contribution in [3.05, 3.63) is 34.4 Å². The Morgan fingerprint density at radius 1 is 1.00 bits per heavy atom. The van der Waals surface area contributed by atoms with Crippen LogP contribution in [-0.4, -0.2) is 6.04 Å². The molecule has 0 amide bonds. The maximum absolute atomic E-state index is 4.13. The minimum atomic E-state index is 0.308. The summed E-state index contributed by atoms with van der Waals surface area (Å²) in [4.78, 5) is 0. The van der Waals surface area contributed by atoms with Gasteiger partial charge >= 0.3 is 0 Å². The quantitative estimate of drug-likeness (QED) is 0.830. The highest BCUT2D eigenvalue weighted by Gasteiger charge is 2.50. The molecule has 1 aromatic carbocycles. The SMILES string of the molecule is Cc1cc2c(C)cc1C1CCCC21NC1CCCC1. The second-order valence-corrected chi connectivity index (χ2v) is 7.07. The van der Waals surface area contributed by atoms with Crippen molar-refractivity contribution in [2.75, 3.05) is 0 Å². The topological polar surface area (TPSA) is 12.0 Å². The van der Waals surface area contributed by atoms with Gasteiger partial charge in [0.15, 0.2) is 0 Å². The van der Waals surface area contributed by atoms with E-state index in [1.165, 1.54) is 56.1 Å². The van der Waals surface area contributed by atoms with Gasteiger partial charge in [0, 0.05) is 12.0 Å². The van der Waals surface area contributed by atoms with E-state index >= 15 is 0 Å². The molecule has 1 heteroatoms. The molecule has 102 valence electrons. The number of hydrogen-bond donors (Lipinski definition) is 1. The lowest BCUT2D eigenvalue weighted by Crippen LogP contribution is -2.51. The maximum atomic E-state index is 4.13. The van der Waals surface area contributed by atoms with Crippen molar-refractivity contribution in [2.24, 2.45) is 0 Å². The van der Waals surface area contributed by atoms with Gasteiger partial charge in [0.1, 0.15) is 0 Å². The number of rotatable bonds is 2. The van der Waals surface area contributed by atoms with E-state index in [0.717, 1.165) is 12.0 Å². The summed E-state index contributed by atoms with van der Waals surface area (Å²) < 4.78 is 0.